The standard InChI is InChI=1S/C13H16FNO2/c14-12-3-1-11(2-4-12)13(17)15-7-5-10(9-16)6-8-15/h1-4,10,16H,5-9H2. The van der Waals surface area contributed by atoms with Crippen molar-refractivity contribution in [3.05, 3.63) is 35.6 Å². The second-order valence-corrected chi connectivity index (χ2v) is 4.43. The van der Waals surface area contributed by atoms with Gasteiger partial charge in [0.05, 0.1) is 0 Å². The van der Waals surface area contributed by atoms with Crippen LogP contribution in [0.15, 0.2) is 24.3 Å². The number of nitrogens with zero attached hydrogens (tertiary/aromatic N) is 1. The van der Waals surface area contributed by atoms with E-state index in [0.717, 1.165) is 12.8 Å². The van der Waals surface area contributed by atoms with E-state index in [-0.39, 0.29) is 18.3 Å². The summed E-state index contributed by atoms with van der Waals surface area (Å²) in [5, 5.41) is 9.02. The van der Waals surface area contributed by atoms with Crippen LogP contribution >= 0.6 is 0 Å². The molecule has 4 heteroatoms. The lowest BCUT2D eigenvalue weighted by atomic mass is 9.97. The summed E-state index contributed by atoms with van der Waals surface area (Å²) in [4.78, 5) is 13.8. The Labute approximate surface area is 99.9 Å². The largest absolute Gasteiger partial charge is 0.396 e. The van der Waals surface area contributed by atoms with E-state index in [1.165, 1.54) is 24.3 Å². The first kappa shape index (κ1) is 12.0. The van der Waals surface area contributed by atoms with E-state index in [9.17, 15) is 9.18 Å². The quantitative estimate of drug-likeness (QED) is 0.850. The van der Waals surface area contributed by atoms with Crippen molar-refractivity contribution in [2.45, 2.75) is 12.8 Å². The third-order valence-corrected chi connectivity index (χ3v) is 3.25. The molecule has 0 atom stereocenters. The van der Waals surface area contributed by atoms with Crippen molar-refractivity contribution in [1.29, 1.82) is 0 Å². The van der Waals surface area contributed by atoms with E-state index in [2.05, 4.69) is 0 Å². The summed E-state index contributed by atoms with van der Waals surface area (Å²) in [5.41, 5.74) is 0.522. The second kappa shape index (κ2) is 5.27. The first-order chi connectivity index (χ1) is 8.20. The van der Waals surface area contributed by atoms with Crippen LogP contribution in [-0.4, -0.2) is 35.6 Å². The van der Waals surface area contributed by atoms with Gasteiger partial charge in [-0.05, 0) is 43.0 Å². The molecule has 1 saturated heterocycles. The number of aliphatic hydroxyl groups is 1. The fraction of sp³-hybridized carbons (Fsp3) is 0.462. The summed E-state index contributed by atoms with van der Waals surface area (Å²) in [5.74, 6) is -0.0748. The van der Waals surface area contributed by atoms with E-state index < -0.39 is 0 Å². The van der Waals surface area contributed by atoms with Crippen molar-refractivity contribution < 1.29 is 14.3 Å². The highest BCUT2D eigenvalue weighted by Crippen LogP contribution is 2.18. The molecular formula is C13H16FNO2. The average Bonchev–Trinajstić information content (AvgIpc) is 2.39. The summed E-state index contributed by atoms with van der Waals surface area (Å²) < 4.78 is 12.7. The monoisotopic (exact) mass is 237 g/mol. The maximum atomic E-state index is 12.7. The van der Waals surface area contributed by atoms with Crippen LogP contribution in [0.25, 0.3) is 0 Å². The smallest absolute Gasteiger partial charge is 0.253 e. The molecule has 0 radical (unpaired) electrons. The molecule has 92 valence electrons. The van der Waals surface area contributed by atoms with Crippen molar-refractivity contribution in [3.63, 3.8) is 0 Å². The number of aliphatic hydroxyl groups excluding tert-OH is 1. The average molecular weight is 237 g/mol. The number of hydrogen-bond acceptors (Lipinski definition) is 2. The van der Waals surface area contributed by atoms with Crippen molar-refractivity contribution in [3.8, 4) is 0 Å². The Morgan fingerprint density at radius 1 is 1.29 bits per heavy atom. The number of rotatable bonds is 2. The number of benzene rings is 1. The summed E-state index contributed by atoms with van der Waals surface area (Å²) in [6.45, 7) is 1.53. The zero-order valence-electron chi connectivity index (χ0n) is 9.60. The summed E-state index contributed by atoms with van der Waals surface area (Å²) >= 11 is 0. The number of halogens is 1. The number of carbonyl (C=O) groups excluding carboxylic acids is 1. The lowest BCUT2D eigenvalue weighted by Gasteiger charge is -2.31. The second-order valence-electron chi connectivity index (χ2n) is 4.43. The number of piperidine rings is 1. The minimum absolute atomic E-state index is 0.0543. The molecule has 1 fully saturated rings. The Hall–Kier alpha value is -1.42. The molecular weight excluding hydrogens is 221 g/mol. The molecule has 0 spiro atoms. The third kappa shape index (κ3) is 2.82. The minimum atomic E-state index is -0.333. The lowest BCUT2D eigenvalue weighted by Crippen LogP contribution is -2.39. The Morgan fingerprint density at radius 3 is 2.41 bits per heavy atom. The molecule has 1 aromatic carbocycles. The Kier molecular flexibility index (Phi) is 3.74. The van der Waals surface area contributed by atoms with Gasteiger partial charge in [-0.1, -0.05) is 0 Å². The van der Waals surface area contributed by atoms with Crippen LogP contribution in [0.5, 0.6) is 0 Å². The van der Waals surface area contributed by atoms with Gasteiger partial charge in [0.2, 0.25) is 0 Å². The van der Waals surface area contributed by atoms with Gasteiger partial charge >= 0.3 is 0 Å². The van der Waals surface area contributed by atoms with Gasteiger partial charge in [0, 0.05) is 25.3 Å². The predicted molar refractivity (Wildman–Crippen MR) is 62.1 cm³/mol. The first-order valence-electron chi connectivity index (χ1n) is 5.86. The number of amides is 1. The molecule has 3 nitrogen and oxygen atoms in total. The van der Waals surface area contributed by atoms with Gasteiger partial charge in [0.25, 0.3) is 5.91 Å². The van der Waals surface area contributed by atoms with Crippen molar-refractivity contribution in [2.75, 3.05) is 19.7 Å². The molecule has 1 heterocycles. The molecule has 1 amide bonds. The first-order valence-corrected chi connectivity index (χ1v) is 5.86. The van der Waals surface area contributed by atoms with Crippen LogP contribution < -0.4 is 0 Å². The molecule has 1 aliphatic heterocycles. The summed E-state index contributed by atoms with van der Waals surface area (Å²) in [6, 6.07) is 5.62. The Bertz CT molecular complexity index is 383. The maximum Gasteiger partial charge on any atom is 0.253 e. The Balaban J connectivity index is 1.99. The molecule has 0 aliphatic carbocycles. The van der Waals surface area contributed by atoms with E-state index in [1.54, 1.807) is 4.90 Å². The van der Waals surface area contributed by atoms with Crippen LogP contribution in [0, 0.1) is 11.7 Å². The highest BCUT2D eigenvalue weighted by molar-refractivity contribution is 5.94. The van der Waals surface area contributed by atoms with Crippen LogP contribution in [0.2, 0.25) is 0 Å². The van der Waals surface area contributed by atoms with E-state index in [1.807, 2.05) is 0 Å². The highest BCUT2D eigenvalue weighted by atomic mass is 19.1. The molecule has 17 heavy (non-hydrogen) atoms. The van der Waals surface area contributed by atoms with Crippen molar-refractivity contribution in [1.82, 2.24) is 4.90 Å². The minimum Gasteiger partial charge on any atom is -0.396 e. The van der Waals surface area contributed by atoms with Gasteiger partial charge in [-0.25, -0.2) is 4.39 Å². The fourth-order valence-corrected chi connectivity index (χ4v) is 2.09. The fourth-order valence-electron chi connectivity index (χ4n) is 2.09. The van der Waals surface area contributed by atoms with Gasteiger partial charge < -0.3 is 10.0 Å². The maximum absolute atomic E-state index is 12.7. The van der Waals surface area contributed by atoms with Gasteiger partial charge in [0.15, 0.2) is 0 Å². The van der Waals surface area contributed by atoms with Crippen LogP contribution in [-0.2, 0) is 0 Å². The molecule has 0 bridgehead atoms. The van der Waals surface area contributed by atoms with Gasteiger partial charge in [-0.3, -0.25) is 4.79 Å². The zero-order chi connectivity index (χ0) is 12.3. The van der Waals surface area contributed by atoms with E-state index in [4.69, 9.17) is 5.11 Å². The third-order valence-electron chi connectivity index (χ3n) is 3.25. The van der Waals surface area contributed by atoms with Crippen LogP contribution in [0.1, 0.15) is 23.2 Å². The molecule has 1 aromatic rings. The van der Waals surface area contributed by atoms with E-state index in [0.29, 0.717) is 24.6 Å². The van der Waals surface area contributed by atoms with Crippen molar-refractivity contribution >= 4 is 5.91 Å². The van der Waals surface area contributed by atoms with Crippen molar-refractivity contribution in [2.24, 2.45) is 5.92 Å². The number of carbonyl (C=O) groups is 1. The zero-order valence-corrected chi connectivity index (χ0v) is 9.60. The van der Waals surface area contributed by atoms with Gasteiger partial charge in [-0.15, -0.1) is 0 Å². The summed E-state index contributed by atoms with van der Waals surface area (Å²) in [7, 11) is 0. The SMILES string of the molecule is O=C(c1ccc(F)cc1)N1CCC(CO)CC1. The predicted octanol–water partition coefficient (Wildman–Crippen LogP) is 1.67. The number of hydrogen-bond donors (Lipinski definition) is 1. The van der Waals surface area contributed by atoms with Crippen LogP contribution in [0.3, 0.4) is 0 Å². The summed E-state index contributed by atoms with van der Waals surface area (Å²) in [6.07, 6.45) is 1.67. The molecule has 2 rings (SSSR count). The molecule has 0 unspecified atom stereocenters. The Morgan fingerprint density at radius 2 is 1.88 bits per heavy atom. The topological polar surface area (TPSA) is 40.5 Å². The lowest BCUT2D eigenvalue weighted by molar-refractivity contribution is 0.0651. The number of likely N-dealkylation sites (tertiary alicyclic amines) is 1. The normalized spacial score (nSPS) is 17.2. The molecule has 1 aliphatic rings. The van der Waals surface area contributed by atoms with Crippen LogP contribution in [0.4, 0.5) is 4.39 Å². The van der Waals surface area contributed by atoms with E-state index >= 15 is 0 Å². The van der Waals surface area contributed by atoms with Gasteiger partial charge in [-0.2, -0.15) is 0 Å². The molecule has 1 N–H and O–H groups in total. The van der Waals surface area contributed by atoms with Gasteiger partial charge in [0.1, 0.15) is 5.82 Å². The molecule has 0 aromatic heterocycles. The highest BCUT2D eigenvalue weighted by Gasteiger charge is 2.22. The molecule has 0 saturated carbocycles.